The number of carbonyl (C=O) groups excluding carboxylic acids is 2. The van der Waals surface area contributed by atoms with Gasteiger partial charge in [0.05, 0.1) is 18.3 Å². The van der Waals surface area contributed by atoms with Crippen LogP contribution < -0.4 is 5.43 Å². The molecule has 2 N–H and O–H groups in total. The van der Waals surface area contributed by atoms with E-state index in [1.54, 1.807) is 32.8 Å². The molecule has 0 atom stereocenters. The summed E-state index contributed by atoms with van der Waals surface area (Å²) in [5.74, 6) is 0.217. The van der Waals surface area contributed by atoms with Gasteiger partial charge in [0.15, 0.2) is 0 Å². The first-order valence-electron chi connectivity index (χ1n) is 10.3. The molecule has 0 unspecified atom stereocenters. The van der Waals surface area contributed by atoms with Crippen LogP contribution in [-0.4, -0.2) is 68.3 Å². The predicted octanol–water partition coefficient (Wildman–Crippen LogP) is 1.77. The van der Waals surface area contributed by atoms with E-state index in [-0.39, 0.29) is 24.1 Å². The summed E-state index contributed by atoms with van der Waals surface area (Å²) in [7, 11) is 0. The maximum atomic E-state index is 12.8. The van der Waals surface area contributed by atoms with Crippen LogP contribution in [0.4, 0.5) is 0 Å². The third-order valence-electron chi connectivity index (χ3n) is 5.89. The lowest BCUT2D eigenvalue weighted by atomic mass is 9.90. The summed E-state index contributed by atoms with van der Waals surface area (Å²) < 4.78 is 7.36. The number of aromatic nitrogens is 2. The number of carbonyl (C=O) groups is 2. The lowest BCUT2D eigenvalue weighted by molar-refractivity contribution is -0.0373. The van der Waals surface area contributed by atoms with Crippen LogP contribution in [-0.2, 0) is 0 Å². The van der Waals surface area contributed by atoms with Crippen molar-refractivity contribution < 1.29 is 19.1 Å². The minimum Gasteiger partial charge on any atom is -0.431 e. The number of aliphatic hydroxyl groups is 1. The standard InChI is InChI=1S/C22H23N5O4/c28-20-17-7-4-10-27(17)24-15-26(20)14-22(30)8-11-25(12-9-22)21(29)18-13-23-19(31-18)16-5-2-1-3-6-16/h1-7,10,13,24,30H,8-9,11-12,14-15H2. The zero-order chi connectivity index (χ0) is 21.4. The number of oxazole rings is 1. The number of nitrogens with zero attached hydrogens (tertiary/aromatic N) is 4. The van der Waals surface area contributed by atoms with E-state index in [9.17, 15) is 14.7 Å². The number of benzene rings is 1. The molecule has 2 amide bonds. The molecular weight excluding hydrogens is 398 g/mol. The molecule has 3 aromatic rings. The van der Waals surface area contributed by atoms with Crippen LogP contribution in [0.1, 0.15) is 33.9 Å². The molecule has 1 saturated heterocycles. The number of nitrogens with one attached hydrogen (secondary N) is 1. The van der Waals surface area contributed by atoms with Crippen molar-refractivity contribution in [2.24, 2.45) is 0 Å². The van der Waals surface area contributed by atoms with E-state index in [4.69, 9.17) is 4.42 Å². The molecule has 2 aliphatic heterocycles. The Hall–Kier alpha value is -3.59. The Bertz CT molecular complexity index is 1100. The Morgan fingerprint density at radius 3 is 2.71 bits per heavy atom. The minimum absolute atomic E-state index is 0.120. The lowest BCUT2D eigenvalue weighted by Crippen LogP contribution is -2.56. The molecule has 31 heavy (non-hydrogen) atoms. The molecule has 160 valence electrons. The van der Waals surface area contributed by atoms with Crippen LogP contribution in [0, 0.1) is 0 Å². The van der Waals surface area contributed by atoms with E-state index in [0.717, 1.165) is 5.56 Å². The van der Waals surface area contributed by atoms with Gasteiger partial charge in [0, 0.05) is 24.8 Å². The molecule has 0 spiro atoms. The topological polar surface area (TPSA) is 104 Å². The van der Waals surface area contributed by atoms with Crippen molar-refractivity contribution in [3.63, 3.8) is 0 Å². The van der Waals surface area contributed by atoms with Crippen molar-refractivity contribution in [3.05, 3.63) is 66.3 Å². The molecule has 0 aliphatic carbocycles. The van der Waals surface area contributed by atoms with E-state index >= 15 is 0 Å². The summed E-state index contributed by atoms with van der Waals surface area (Å²) in [6.45, 7) is 1.30. The predicted molar refractivity (Wildman–Crippen MR) is 112 cm³/mol. The van der Waals surface area contributed by atoms with Gasteiger partial charge in [-0.2, -0.15) is 0 Å². The van der Waals surface area contributed by atoms with Crippen LogP contribution >= 0.6 is 0 Å². The van der Waals surface area contributed by atoms with Gasteiger partial charge in [-0.25, -0.2) is 4.98 Å². The monoisotopic (exact) mass is 421 g/mol. The van der Waals surface area contributed by atoms with E-state index in [0.29, 0.717) is 44.2 Å². The SMILES string of the molecule is O=C(c1cnc(-c2ccccc2)o1)N1CCC(O)(CN2CNn3cccc3C2=O)CC1. The zero-order valence-electron chi connectivity index (χ0n) is 16.9. The van der Waals surface area contributed by atoms with E-state index < -0.39 is 5.60 Å². The molecule has 9 heteroatoms. The van der Waals surface area contributed by atoms with Gasteiger partial charge in [0.25, 0.3) is 11.8 Å². The molecule has 1 fully saturated rings. The van der Waals surface area contributed by atoms with Crippen molar-refractivity contribution in [1.29, 1.82) is 0 Å². The van der Waals surface area contributed by atoms with Crippen molar-refractivity contribution in [2.45, 2.75) is 18.4 Å². The highest BCUT2D eigenvalue weighted by Gasteiger charge is 2.38. The van der Waals surface area contributed by atoms with Crippen LogP contribution in [0.5, 0.6) is 0 Å². The fourth-order valence-corrected chi connectivity index (χ4v) is 4.10. The van der Waals surface area contributed by atoms with Crippen molar-refractivity contribution in [3.8, 4) is 11.5 Å². The molecule has 2 aromatic heterocycles. The fraction of sp³-hybridized carbons (Fsp3) is 0.318. The number of fused-ring (bicyclic) bond motifs is 1. The summed E-state index contributed by atoms with van der Waals surface area (Å²) in [5.41, 5.74) is 3.43. The quantitative estimate of drug-likeness (QED) is 0.665. The molecular formula is C22H23N5O4. The second-order valence-corrected chi connectivity index (χ2v) is 7.99. The van der Waals surface area contributed by atoms with Gasteiger partial charge in [-0.05, 0) is 37.1 Å². The average Bonchev–Trinajstić information content (AvgIpc) is 3.47. The summed E-state index contributed by atoms with van der Waals surface area (Å²) in [5, 5.41) is 11.1. The van der Waals surface area contributed by atoms with E-state index in [1.807, 2.05) is 30.3 Å². The first kappa shape index (κ1) is 19.4. The average molecular weight is 421 g/mol. The summed E-state index contributed by atoms with van der Waals surface area (Å²) >= 11 is 0. The normalized spacial score (nSPS) is 17.9. The molecule has 0 bridgehead atoms. The van der Waals surface area contributed by atoms with E-state index in [1.165, 1.54) is 6.20 Å². The van der Waals surface area contributed by atoms with Gasteiger partial charge in [-0.3, -0.25) is 14.3 Å². The highest BCUT2D eigenvalue weighted by Crippen LogP contribution is 2.27. The first-order valence-corrected chi connectivity index (χ1v) is 10.3. The Balaban J connectivity index is 1.21. The molecule has 0 saturated carbocycles. The Labute approximate surface area is 178 Å². The third kappa shape index (κ3) is 3.68. The molecule has 1 aromatic carbocycles. The largest absolute Gasteiger partial charge is 0.431 e. The van der Waals surface area contributed by atoms with E-state index in [2.05, 4.69) is 10.4 Å². The Morgan fingerprint density at radius 1 is 1.16 bits per heavy atom. The number of piperidine rings is 1. The number of rotatable bonds is 4. The van der Waals surface area contributed by atoms with Crippen molar-refractivity contribution in [1.82, 2.24) is 19.5 Å². The molecule has 5 rings (SSSR count). The maximum Gasteiger partial charge on any atom is 0.291 e. The number of hydrogen-bond acceptors (Lipinski definition) is 6. The number of amides is 2. The number of β-amino-alcohol motifs (C(OH)–C–C–N with tert-alkyl or cyclic N) is 1. The second-order valence-electron chi connectivity index (χ2n) is 7.99. The van der Waals surface area contributed by atoms with Gasteiger partial charge in [-0.1, -0.05) is 18.2 Å². The smallest absolute Gasteiger partial charge is 0.291 e. The molecule has 4 heterocycles. The molecule has 9 nitrogen and oxygen atoms in total. The van der Waals surface area contributed by atoms with Crippen molar-refractivity contribution >= 4 is 11.8 Å². The van der Waals surface area contributed by atoms with Crippen LogP contribution in [0.15, 0.2) is 59.3 Å². The molecule has 0 radical (unpaired) electrons. The van der Waals surface area contributed by atoms with Crippen LogP contribution in [0.25, 0.3) is 11.5 Å². The number of likely N-dealkylation sites (tertiary alicyclic amines) is 1. The minimum atomic E-state index is -1.04. The van der Waals surface area contributed by atoms with Gasteiger partial charge in [-0.15, -0.1) is 0 Å². The Kier molecular flexibility index (Phi) is 4.74. The van der Waals surface area contributed by atoms with Crippen LogP contribution in [0.3, 0.4) is 0 Å². The highest BCUT2D eigenvalue weighted by molar-refractivity contribution is 5.94. The van der Waals surface area contributed by atoms with Gasteiger partial charge >= 0.3 is 0 Å². The van der Waals surface area contributed by atoms with Crippen molar-refractivity contribution in [2.75, 3.05) is 31.7 Å². The molecule has 2 aliphatic rings. The number of hydrogen-bond donors (Lipinski definition) is 2. The fourth-order valence-electron chi connectivity index (χ4n) is 4.10. The third-order valence-corrected chi connectivity index (χ3v) is 5.89. The maximum absolute atomic E-state index is 12.8. The summed E-state index contributed by atoms with van der Waals surface area (Å²) in [6.07, 6.45) is 3.99. The van der Waals surface area contributed by atoms with Gasteiger partial charge < -0.3 is 24.7 Å². The first-order chi connectivity index (χ1) is 15.0. The Morgan fingerprint density at radius 2 is 1.94 bits per heavy atom. The summed E-state index contributed by atoms with van der Waals surface area (Å²) in [6, 6.07) is 12.9. The zero-order valence-corrected chi connectivity index (χ0v) is 16.9. The van der Waals surface area contributed by atoms with Crippen LogP contribution in [0.2, 0.25) is 0 Å². The van der Waals surface area contributed by atoms with Gasteiger partial charge in [0.2, 0.25) is 11.7 Å². The highest BCUT2D eigenvalue weighted by atomic mass is 16.4. The van der Waals surface area contributed by atoms with Gasteiger partial charge in [0.1, 0.15) is 12.4 Å². The summed E-state index contributed by atoms with van der Waals surface area (Å²) in [4.78, 5) is 33.0. The second kappa shape index (κ2) is 7.59. The lowest BCUT2D eigenvalue weighted by Gasteiger charge is -2.41.